The van der Waals surface area contributed by atoms with Crippen molar-refractivity contribution in [3.05, 3.63) is 35.4 Å². The van der Waals surface area contributed by atoms with Gasteiger partial charge in [-0.25, -0.2) is 5.43 Å². The molecule has 0 radical (unpaired) electrons. The number of aromatic hydroxyl groups is 6. The Bertz CT molecular complexity index is 916. The van der Waals surface area contributed by atoms with Crippen molar-refractivity contribution >= 4 is 30.8 Å². The van der Waals surface area contributed by atoms with E-state index in [1.54, 1.807) is 0 Å². The molecule has 0 spiro atoms. The molecule has 0 heterocycles. The van der Waals surface area contributed by atoms with Gasteiger partial charge in [0.2, 0.25) is 17.5 Å². The summed E-state index contributed by atoms with van der Waals surface area (Å²) < 4.78 is 0. The number of benzene rings is 2. The highest BCUT2D eigenvalue weighted by molar-refractivity contribution is 5.88. The molecule has 0 aliphatic carbocycles. The van der Waals surface area contributed by atoms with Gasteiger partial charge in [0, 0.05) is 11.1 Å². The number of hydrazone groups is 1. The third-order valence-corrected chi connectivity index (χ3v) is 3.07. The highest BCUT2D eigenvalue weighted by Crippen LogP contribution is 2.36. The second-order valence-corrected chi connectivity index (χ2v) is 4.84. The van der Waals surface area contributed by atoms with Gasteiger partial charge in [0.15, 0.2) is 23.0 Å². The van der Waals surface area contributed by atoms with E-state index in [9.17, 15) is 30.6 Å². The van der Waals surface area contributed by atoms with Crippen LogP contribution in [0.4, 0.5) is 0 Å². The predicted octanol–water partition coefficient (Wildman–Crippen LogP) is 0.614. The number of guanidine groups is 1. The number of phenolic OH excluding ortho intramolecular Hbond substituents is 6. The molecule has 2 rings (SSSR count). The van der Waals surface area contributed by atoms with E-state index in [-0.39, 0.29) is 29.5 Å². The number of phenols is 6. The molecule has 0 atom stereocenters. The first kappa shape index (κ1) is 21.2. The maximum absolute atomic E-state index is 9.60. The van der Waals surface area contributed by atoms with Crippen molar-refractivity contribution in [2.24, 2.45) is 21.0 Å². The van der Waals surface area contributed by atoms with Crippen LogP contribution in [0.5, 0.6) is 34.5 Å². The van der Waals surface area contributed by atoms with Crippen molar-refractivity contribution in [2.75, 3.05) is 0 Å². The van der Waals surface area contributed by atoms with Gasteiger partial charge in [0.1, 0.15) is 0 Å². The minimum absolute atomic E-state index is 0. The summed E-state index contributed by atoms with van der Waals surface area (Å²) in [4.78, 5) is 0. The van der Waals surface area contributed by atoms with Gasteiger partial charge < -0.3 is 36.4 Å². The van der Waals surface area contributed by atoms with Crippen molar-refractivity contribution < 1.29 is 30.6 Å². The second-order valence-electron chi connectivity index (χ2n) is 4.84. The molecule has 9 N–H and O–H groups in total. The van der Waals surface area contributed by atoms with Crippen molar-refractivity contribution in [3.63, 3.8) is 0 Å². The van der Waals surface area contributed by atoms with E-state index in [0.717, 1.165) is 24.6 Å². The first-order valence-corrected chi connectivity index (χ1v) is 6.94. The number of hydrogen-bond acceptors (Lipinski definition) is 9. The third kappa shape index (κ3) is 5.06. The Labute approximate surface area is 158 Å². The molecule has 0 unspecified atom stereocenters. The van der Waals surface area contributed by atoms with Crippen LogP contribution in [0.1, 0.15) is 11.1 Å². The molecule has 2 aromatic rings. The largest absolute Gasteiger partial charge is 0.504 e. The molecule has 12 heteroatoms. The smallest absolute Gasteiger partial charge is 0.234 e. The molecular formula is C15H16ClN5O6. The Balaban J connectivity index is 0.00000364. The van der Waals surface area contributed by atoms with Crippen LogP contribution in [-0.4, -0.2) is 49.0 Å². The Kier molecular flexibility index (Phi) is 7.07. The fourth-order valence-corrected chi connectivity index (χ4v) is 1.72. The van der Waals surface area contributed by atoms with Gasteiger partial charge in [-0.15, -0.1) is 17.5 Å². The van der Waals surface area contributed by atoms with Crippen molar-refractivity contribution in [1.29, 1.82) is 0 Å². The Morgan fingerprint density at radius 3 is 1.78 bits per heavy atom. The van der Waals surface area contributed by atoms with Crippen LogP contribution in [-0.2, 0) is 0 Å². The normalized spacial score (nSPS) is 11.6. The van der Waals surface area contributed by atoms with E-state index in [4.69, 9.17) is 5.73 Å². The topological polar surface area (TPSA) is 197 Å². The summed E-state index contributed by atoms with van der Waals surface area (Å²) in [5.74, 6) is -3.72. The summed E-state index contributed by atoms with van der Waals surface area (Å²) in [5.41, 5.74) is 7.98. The monoisotopic (exact) mass is 397 g/mol. The lowest BCUT2D eigenvalue weighted by atomic mass is 10.2. The van der Waals surface area contributed by atoms with Gasteiger partial charge in [0.25, 0.3) is 0 Å². The zero-order valence-electron chi connectivity index (χ0n) is 13.5. The first-order chi connectivity index (χ1) is 12.3. The Hall–Kier alpha value is -3.86. The fraction of sp³-hybridized carbons (Fsp3) is 0. The number of nitrogens with one attached hydrogen (secondary N) is 1. The van der Waals surface area contributed by atoms with E-state index in [2.05, 4.69) is 20.7 Å². The van der Waals surface area contributed by atoms with E-state index >= 15 is 0 Å². The van der Waals surface area contributed by atoms with Crippen LogP contribution in [0.3, 0.4) is 0 Å². The number of nitrogens with zero attached hydrogens (tertiary/aromatic N) is 3. The van der Waals surface area contributed by atoms with Crippen molar-refractivity contribution in [1.82, 2.24) is 5.43 Å². The Morgan fingerprint density at radius 2 is 1.26 bits per heavy atom. The van der Waals surface area contributed by atoms with Crippen LogP contribution in [0.25, 0.3) is 0 Å². The highest BCUT2D eigenvalue weighted by atomic mass is 35.5. The third-order valence-electron chi connectivity index (χ3n) is 3.07. The van der Waals surface area contributed by atoms with Gasteiger partial charge in [-0.3, -0.25) is 0 Å². The first-order valence-electron chi connectivity index (χ1n) is 6.94. The van der Waals surface area contributed by atoms with E-state index < -0.39 is 34.5 Å². The fourth-order valence-electron chi connectivity index (χ4n) is 1.72. The standard InChI is InChI=1S/C15H15N5O6.ClH/c16-15(19-17-5-7-1-3-9(21)13(25)11(7)23)20-18-6-8-2-4-10(22)14(26)12(8)24;/h1-6,21-26H,(H3,16,19,20);1H/b17-5+,18-6+;. The van der Waals surface area contributed by atoms with E-state index in [1.165, 1.54) is 12.1 Å². The average molecular weight is 398 g/mol. The molecule has 27 heavy (non-hydrogen) atoms. The van der Waals surface area contributed by atoms with Crippen LogP contribution in [0, 0.1) is 0 Å². The number of nitrogens with two attached hydrogens (primary N) is 1. The molecule has 0 fully saturated rings. The predicted molar refractivity (Wildman–Crippen MR) is 100 cm³/mol. The molecule has 0 bridgehead atoms. The lowest BCUT2D eigenvalue weighted by Crippen LogP contribution is -2.26. The zero-order valence-corrected chi connectivity index (χ0v) is 14.3. The van der Waals surface area contributed by atoms with Crippen molar-refractivity contribution in [3.8, 4) is 34.5 Å². The van der Waals surface area contributed by atoms with Gasteiger partial charge in [0.05, 0.1) is 12.4 Å². The maximum atomic E-state index is 9.60. The number of rotatable bonds is 4. The van der Waals surface area contributed by atoms with Crippen LogP contribution < -0.4 is 11.2 Å². The molecule has 0 saturated heterocycles. The van der Waals surface area contributed by atoms with Crippen LogP contribution in [0.2, 0.25) is 0 Å². The summed E-state index contributed by atoms with van der Waals surface area (Å²) in [5, 5.41) is 67.1. The quantitative estimate of drug-likeness (QED) is 0.159. The SMILES string of the molecule is Cl.NC(=N/N=C/c1ccc(O)c(O)c1O)N/N=C/c1ccc(O)c(O)c1O. The van der Waals surface area contributed by atoms with Gasteiger partial charge >= 0.3 is 0 Å². The number of halogens is 1. The molecule has 0 aromatic heterocycles. The van der Waals surface area contributed by atoms with Gasteiger partial charge in [-0.1, -0.05) is 0 Å². The molecular weight excluding hydrogens is 382 g/mol. The highest BCUT2D eigenvalue weighted by Gasteiger charge is 2.10. The summed E-state index contributed by atoms with van der Waals surface area (Å²) in [6.45, 7) is 0. The minimum Gasteiger partial charge on any atom is -0.504 e. The summed E-state index contributed by atoms with van der Waals surface area (Å²) in [7, 11) is 0. The summed E-state index contributed by atoms with van der Waals surface area (Å²) >= 11 is 0. The lowest BCUT2D eigenvalue weighted by molar-refractivity contribution is 0.367. The molecule has 144 valence electrons. The van der Waals surface area contributed by atoms with E-state index in [0.29, 0.717) is 0 Å². The Morgan fingerprint density at radius 1 is 0.778 bits per heavy atom. The van der Waals surface area contributed by atoms with Gasteiger partial charge in [-0.2, -0.15) is 10.2 Å². The minimum atomic E-state index is -0.689. The maximum Gasteiger partial charge on any atom is 0.234 e. The van der Waals surface area contributed by atoms with Crippen LogP contribution in [0.15, 0.2) is 39.6 Å². The molecule has 0 saturated carbocycles. The van der Waals surface area contributed by atoms with E-state index in [1.807, 2.05) is 0 Å². The van der Waals surface area contributed by atoms with Gasteiger partial charge in [-0.05, 0) is 24.3 Å². The summed E-state index contributed by atoms with van der Waals surface area (Å²) in [6.07, 6.45) is 2.20. The second kappa shape index (κ2) is 9.01. The zero-order chi connectivity index (χ0) is 19.3. The average Bonchev–Trinajstić information content (AvgIpc) is 2.61. The molecule has 11 nitrogen and oxygen atoms in total. The molecule has 0 aliphatic rings. The number of hydrogen-bond donors (Lipinski definition) is 8. The molecule has 2 aromatic carbocycles. The molecule has 0 amide bonds. The van der Waals surface area contributed by atoms with Crippen molar-refractivity contribution in [2.45, 2.75) is 0 Å². The summed E-state index contributed by atoms with van der Waals surface area (Å²) in [6, 6.07) is 4.93. The lowest BCUT2D eigenvalue weighted by Gasteiger charge is -2.03. The van der Waals surface area contributed by atoms with Crippen LogP contribution >= 0.6 is 12.4 Å². The molecule has 0 aliphatic heterocycles.